The number of para-hydroxylation sites is 10. The number of rotatable bonds is 8. The lowest BCUT2D eigenvalue weighted by molar-refractivity contribution is 0.434. The second-order valence-corrected chi connectivity index (χ2v) is 33.7. The Balaban J connectivity index is 0.000000132. The number of hydrogen-bond acceptors (Lipinski definition) is 6. The van der Waals surface area contributed by atoms with Crippen molar-refractivity contribution in [2.45, 2.75) is 10.8 Å². The molecule has 10 nitrogen and oxygen atoms in total. The van der Waals surface area contributed by atoms with Crippen LogP contribution in [0.3, 0.4) is 0 Å². The van der Waals surface area contributed by atoms with Gasteiger partial charge in [0.25, 0.3) is 0 Å². The maximum atomic E-state index is 7.36. The number of hydrogen-bond donors (Lipinski definition) is 0. The quantitative estimate of drug-likeness (QED) is 0.151. The molecule has 10 heteroatoms. The van der Waals surface area contributed by atoms with Gasteiger partial charge in [-0.05, 0) is 113 Å². The summed E-state index contributed by atoms with van der Waals surface area (Å²) >= 11 is 0. The lowest BCUT2D eigenvalue weighted by Crippen LogP contribution is -2.37. The van der Waals surface area contributed by atoms with Gasteiger partial charge in [0.2, 0.25) is 0 Å². The molecule has 0 saturated carbocycles. The molecule has 2 spiro atoms. The first-order valence-electron chi connectivity index (χ1n) is 43.7. The molecule has 28 rings (SSSR count). The SMILES string of the molecule is c1ccc(-c2cc(-c3ccccc3)nc(-c3cccc(-n4c5ccccc5c5cc6c(cc54)Oc4ccccc4C64c5ccccc5-n5c6ccccc6c6cccc4c65)c3)n2)cc1.c1ccc(-c2cc(-c3ccccc3)nc(-c3cccc(-n4c5ccccc5c5ccc6c(c54)Oc4ccccc4C64c5ccccc5-n5c6ccccc6c6cccc4c65)c3)n2)cc1. The summed E-state index contributed by atoms with van der Waals surface area (Å²) in [5, 5.41) is 9.60. The van der Waals surface area contributed by atoms with Crippen molar-refractivity contribution in [3.8, 4) is 114 Å². The fraction of sp³-hybridized carbons (Fsp3) is 0.0169. The van der Waals surface area contributed by atoms with Crippen molar-refractivity contribution in [2.75, 3.05) is 0 Å². The third-order valence-electron chi connectivity index (χ3n) is 27.1. The summed E-state index contributed by atoms with van der Waals surface area (Å²) in [6.45, 7) is 0. The largest absolute Gasteiger partial charge is 0.457 e. The van der Waals surface area contributed by atoms with Crippen LogP contribution in [0.15, 0.2) is 437 Å². The second-order valence-electron chi connectivity index (χ2n) is 33.7. The highest BCUT2D eigenvalue weighted by Crippen LogP contribution is 2.64. The number of fused-ring (bicyclic) bond motifs is 29. The van der Waals surface area contributed by atoms with Gasteiger partial charge in [0.05, 0.1) is 89.1 Å². The van der Waals surface area contributed by atoms with Crippen LogP contribution in [0.25, 0.3) is 178 Å². The van der Waals surface area contributed by atoms with Crippen LogP contribution in [0.4, 0.5) is 0 Å². The van der Waals surface area contributed by atoms with E-state index in [1.807, 2.05) is 24.3 Å². The maximum absolute atomic E-state index is 7.36. The Hall–Kier alpha value is -17.1. The maximum Gasteiger partial charge on any atom is 0.160 e. The van der Waals surface area contributed by atoms with E-state index in [1.54, 1.807) is 0 Å². The molecule has 4 aliphatic heterocycles. The molecule has 596 valence electrons. The average Bonchev–Trinajstić information content (AvgIpc) is 1.37. The van der Waals surface area contributed by atoms with Gasteiger partial charge in [0.15, 0.2) is 17.4 Å². The predicted molar refractivity (Wildman–Crippen MR) is 518 cm³/mol. The van der Waals surface area contributed by atoms with Crippen LogP contribution in [-0.2, 0) is 10.8 Å². The van der Waals surface area contributed by atoms with Gasteiger partial charge < -0.3 is 27.7 Å². The molecule has 0 amide bonds. The predicted octanol–water partition coefficient (Wildman–Crippen LogP) is 28.9. The van der Waals surface area contributed by atoms with Crippen molar-refractivity contribution in [3.63, 3.8) is 0 Å². The van der Waals surface area contributed by atoms with Gasteiger partial charge in [-0.2, -0.15) is 0 Å². The van der Waals surface area contributed by atoms with E-state index in [2.05, 4.69) is 431 Å². The zero-order valence-electron chi connectivity index (χ0n) is 69.0. The van der Waals surface area contributed by atoms with Crippen LogP contribution in [-0.4, -0.2) is 38.2 Å². The fourth-order valence-corrected chi connectivity index (χ4v) is 21.9. The lowest BCUT2D eigenvalue weighted by Gasteiger charge is -2.45. The van der Waals surface area contributed by atoms with Crippen molar-refractivity contribution < 1.29 is 9.47 Å². The highest BCUT2D eigenvalue weighted by molar-refractivity contribution is 6.17. The Morgan fingerprint density at radius 3 is 1.01 bits per heavy atom. The number of ether oxygens (including phenoxy) is 2. The molecule has 0 fully saturated rings. The summed E-state index contributed by atoms with van der Waals surface area (Å²) in [6.07, 6.45) is 0. The smallest absolute Gasteiger partial charge is 0.160 e. The Morgan fingerprint density at radius 2 is 0.531 bits per heavy atom. The van der Waals surface area contributed by atoms with Gasteiger partial charge in [-0.15, -0.1) is 0 Å². The van der Waals surface area contributed by atoms with Crippen LogP contribution in [0.1, 0.15) is 44.5 Å². The molecule has 4 aliphatic rings. The van der Waals surface area contributed by atoms with E-state index < -0.39 is 10.8 Å². The van der Waals surface area contributed by atoms with Crippen LogP contribution < -0.4 is 9.47 Å². The fourth-order valence-electron chi connectivity index (χ4n) is 21.9. The Labute approximate surface area is 735 Å². The van der Waals surface area contributed by atoms with Gasteiger partial charge in [0.1, 0.15) is 17.2 Å². The molecule has 24 aromatic rings. The second kappa shape index (κ2) is 27.7. The highest BCUT2D eigenvalue weighted by Gasteiger charge is 2.53. The van der Waals surface area contributed by atoms with Crippen LogP contribution in [0.2, 0.25) is 0 Å². The van der Waals surface area contributed by atoms with Crippen LogP contribution in [0.5, 0.6) is 23.0 Å². The normalized spacial score (nSPS) is 14.8. The molecular weight excluding hydrogens is 1560 g/mol. The summed E-state index contributed by atoms with van der Waals surface area (Å²) in [6, 6.07) is 156. The van der Waals surface area contributed by atoms with Crippen molar-refractivity contribution in [2.24, 2.45) is 0 Å². The minimum Gasteiger partial charge on any atom is -0.457 e. The number of nitrogens with zero attached hydrogens (tertiary/aromatic N) is 8. The highest BCUT2D eigenvalue weighted by atomic mass is 16.5. The Morgan fingerprint density at radius 1 is 0.188 bits per heavy atom. The summed E-state index contributed by atoms with van der Waals surface area (Å²) in [7, 11) is 0. The molecule has 0 saturated heterocycles. The topological polar surface area (TPSA) is 89.7 Å². The molecule has 2 unspecified atom stereocenters. The Kier molecular flexibility index (Phi) is 15.5. The van der Waals surface area contributed by atoms with E-state index in [0.717, 1.165) is 151 Å². The van der Waals surface area contributed by atoms with Gasteiger partial charge >= 0.3 is 0 Å². The van der Waals surface area contributed by atoms with E-state index in [1.165, 1.54) is 82.6 Å². The van der Waals surface area contributed by atoms with Crippen molar-refractivity contribution in [1.82, 2.24) is 38.2 Å². The van der Waals surface area contributed by atoms with Gasteiger partial charge in [0, 0.05) is 116 Å². The first-order chi connectivity index (χ1) is 63.5. The average molecular weight is 1630 g/mol. The van der Waals surface area contributed by atoms with E-state index in [9.17, 15) is 0 Å². The summed E-state index contributed by atoms with van der Waals surface area (Å²) in [4.78, 5) is 20.8. The van der Waals surface area contributed by atoms with Crippen LogP contribution in [0, 0.1) is 0 Å². The zero-order valence-corrected chi connectivity index (χ0v) is 69.0. The molecule has 0 N–H and O–H groups in total. The van der Waals surface area contributed by atoms with Gasteiger partial charge in [-0.1, -0.05) is 340 Å². The molecule has 10 heterocycles. The van der Waals surface area contributed by atoms with E-state index in [-0.39, 0.29) is 0 Å². The third-order valence-corrected chi connectivity index (χ3v) is 27.1. The molecule has 2 atom stereocenters. The molecule has 0 radical (unpaired) electrons. The standard InChI is InChI=1S/2C59H36N4O/c1-3-17-37(18-4-1)49-35-50(38-19-5-2-6-20-38)61-58(60-49)39-21-15-22-40(33-39)62-51-29-11-8-24-42(51)44-34-48-56(36-54(44)62)64-55-32-14-10-27-46(55)59(48)45-26-9-13-31-53(45)63-52-30-12-7-23-41(52)43-25-16-28-47(59)57(43)63;1-3-17-37(18-4-1)49-36-50(38-19-5-2-6-20-38)61-58(60-49)39-21-15-22-40(35-39)62-51-29-11-7-24-42(51)44-33-34-48-57(56(44)62)64-54-32-14-10-27-46(54)59(48)45-26-9-13-31-53(45)63-52-30-12-8-23-41(52)43-25-16-28-47(59)55(43)63/h2*1-36H. The van der Waals surface area contributed by atoms with Gasteiger partial charge in [-0.3, -0.25) is 0 Å². The molecule has 18 aromatic carbocycles. The van der Waals surface area contributed by atoms with Crippen molar-refractivity contribution in [3.05, 3.63) is 481 Å². The van der Waals surface area contributed by atoms with E-state index in [0.29, 0.717) is 11.6 Å². The number of benzene rings is 18. The molecular formula is C118H72N8O2. The molecule has 128 heavy (non-hydrogen) atoms. The third kappa shape index (κ3) is 10.2. The Bertz CT molecular complexity index is 8670. The summed E-state index contributed by atoms with van der Waals surface area (Å²) < 4.78 is 24.2. The van der Waals surface area contributed by atoms with Gasteiger partial charge in [-0.25, -0.2) is 19.9 Å². The van der Waals surface area contributed by atoms with Crippen molar-refractivity contribution in [1.29, 1.82) is 0 Å². The monoisotopic (exact) mass is 1630 g/mol. The summed E-state index contributed by atoms with van der Waals surface area (Å²) in [5.74, 6) is 4.74. The lowest BCUT2D eigenvalue weighted by atomic mass is 9.61. The zero-order chi connectivity index (χ0) is 83.9. The molecule has 0 bridgehead atoms. The number of aromatic nitrogens is 8. The van der Waals surface area contributed by atoms with Crippen LogP contribution >= 0.6 is 0 Å². The minimum absolute atomic E-state index is 0.663. The first kappa shape index (κ1) is 71.5. The molecule has 0 aliphatic carbocycles. The van der Waals surface area contributed by atoms with E-state index >= 15 is 0 Å². The minimum atomic E-state index is -0.693. The van der Waals surface area contributed by atoms with Crippen molar-refractivity contribution >= 4 is 87.2 Å². The summed E-state index contributed by atoms with van der Waals surface area (Å²) in [5.41, 5.74) is 31.2. The first-order valence-corrected chi connectivity index (χ1v) is 43.7. The van der Waals surface area contributed by atoms with E-state index in [4.69, 9.17) is 29.4 Å². The molecule has 6 aromatic heterocycles.